The van der Waals surface area contributed by atoms with Gasteiger partial charge in [-0.2, -0.15) is 5.10 Å². The highest BCUT2D eigenvalue weighted by molar-refractivity contribution is 5.74. The van der Waals surface area contributed by atoms with Crippen molar-refractivity contribution >= 4 is 5.97 Å². The largest absolute Gasteiger partial charge is 0.467 e. The number of oxazole rings is 1. The lowest BCUT2D eigenvalue weighted by atomic mass is 10.0. The van der Waals surface area contributed by atoms with Gasteiger partial charge in [-0.1, -0.05) is 42.5 Å². The summed E-state index contributed by atoms with van der Waals surface area (Å²) in [6.07, 6.45) is 6.79. The van der Waals surface area contributed by atoms with E-state index in [1.807, 2.05) is 37.3 Å². The molecule has 0 aliphatic rings. The molecule has 0 spiro atoms. The minimum Gasteiger partial charge on any atom is -0.467 e. The maximum atomic E-state index is 12.2. The average Bonchev–Trinajstić information content (AvgIpc) is 3.49. The van der Waals surface area contributed by atoms with Crippen molar-refractivity contribution in [2.24, 2.45) is 0 Å². The summed E-state index contributed by atoms with van der Waals surface area (Å²) in [5.74, 6) is 1.27. The molecule has 4 aromatic rings. The number of hydrogen-bond donors (Lipinski definition) is 0. The van der Waals surface area contributed by atoms with Gasteiger partial charge < -0.3 is 9.15 Å². The van der Waals surface area contributed by atoms with Crippen molar-refractivity contribution < 1.29 is 13.9 Å². The summed E-state index contributed by atoms with van der Waals surface area (Å²) < 4.78 is 12.5. The fourth-order valence-electron chi connectivity index (χ4n) is 3.78. The number of methoxy groups -OCH3 is 1. The molecule has 0 saturated heterocycles. The number of benzene rings is 2. The second-order valence-electron chi connectivity index (χ2n) is 7.79. The molecule has 2 aromatic heterocycles. The summed E-state index contributed by atoms with van der Waals surface area (Å²) in [5.41, 5.74) is 4.34. The number of aryl methyl sites for hydroxylation is 3. The van der Waals surface area contributed by atoms with Crippen LogP contribution in [0.4, 0.5) is 0 Å². The van der Waals surface area contributed by atoms with Gasteiger partial charge in [0, 0.05) is 24.4 Å². The van der Waals surface area contributed by atoms with Crippen LogP contribution in [0, 0.1) is 6.92 Å². The van der Waals surface area contributed by atoms with Gasteiger partial charge in [-0.25, -0.2) is 9.78 Å². The van der Waals surface area contributed by atoms with Gasteiger partial charge in [-0.05, 0) is 55.5 Å². The molecule has 0 N–H and O–H groups in total. The molecule has 0 aliphatic carbocycles. The molecule has 0 radical (unpaired) electrons. The number of nitrogens with zero attached hydrogens (tertiary/aromatic N) is 3. The van der Waals surface area contributed by atoms with Crippen molar-refractivity contribution in [1.82, 2.24) is 14.8 Å². The zero-order valence-corrected chi connectivity index (χ0v) is 18.4. The molecule has 6 nitrogen and oxygen atoms in total. The first-order valence-electron chi connectivity index (χ1n) is 10.8. The fraction of sp³-hybridized carbons (Fsp3) is 0.269. The Hall–Kier alpha value is -3.67. The van der Waals surface area contributed by atoms with E-state index in [4.69, 9.17) is 9.15 Å². The Kier molecular flexibility index (Phi) is 6.80. The smallest absolute Gasteiger partial charge is 0.331 e. The third-order valence-corrected chi connectivity index (χ3v) is 5.56. The van der Waals surface area contributed by atoms with E-state index >= 15 is 0 Å². The summed E-state index contributed by atoms with van der Waals surface area (Å²) >= 11 is 0. The number of rotatable bonds is 9. The van der Waals surface area contributed by atoms with E-state index in [1.165, 1.54) is 12.7 Å². The van der Waals surface area contributed by atoms with Gasteiger partial charge in [0.15, 0.2) is 6.04 Å². The molecule has 2 heterocycles. The quantitative estimate of drug-likeness (QED) is 0.351. The molecule has 32 heavy (non-hydrogen) atoms. The van der Waals surface area contributed by atoms with Crippen LogP contribution in [0.25, 0.3) is 11.5 Å². The first-order chi connectivity index (χ1) is 15.6. The summed E-state index contributed by atoms with van der Waals surface area (Å²) in [6.45, 7) is 1.97. The van der Waals surface area contributed by atoms with Crippen LogP contribution in [-0.4, -0.2) is 27.8 Å². The Labute approximate surface area is 187 Å². The first kappa shape index (κ1) is 21.6. The van der Waals surface area contributed by atoms with E-state index in [-0.39, 0.29) is 5.97 Å². The Morgan fingerprint density at radius 3 is 2.47 bits per heavy atom. The standard InChI is InChI=1S/C26H27N3O3/c1-19-23(28-25(32-19)22-9-4-3-5-10-22)11-6-8-20-12-14-21(15-13-20)18-24(26(30)31-2)29-17-7-16-27-29/h3-5,7,9-10,12-17,24H,6,8,11,18H2,1-2H3. The van der Waals surface area contributed by atoms with Crippen LogP contribution in [0.3, 0.4) is 0 Å². The summed E-state index contributed by atoms with van der Waals surface area (Å²) in [7, 11) is 1.40. The van der Waals surface area contributed by atoms with Crippen LogP contribution in [0.1, 0.15) is 35.0 Å². The Morgan fingerprint density at radius 1 is 1.03 bits per heavy atom. The zero-order valence-electron chi connectivity index (χ0n) is 18.4. The third kappa shape index (κ3) is 5.14. The predicted molar refractivity (Wildman–Crippen MR) is 122 cm³/mol. The van der Waals surface area contributed by atoms with Crippen molar-refractivity contribution in [3.05, 3.63) is 95.6 Å². The lowest BCUT2D eigenvalue weighted by Crippen LogP contribution is -2.23. The van der Waals surface area contributed by atoms with Gasteiger partial charge in [-0.15, -0.1) is 0 Å². The molecule has 4 rings (SSSR count). The molecule has 1 atom stereocenters. The van der Waals surface area contributed by atoms with Crippen molar-refractivity contribution in [3.8, 4) is 11.5 Å². The second-order valence-corrected chi connectivity index (χ2v) is 7.79. The van der Waals surface area contributed by atoms with Crippen molar-refractivity contribution in [3.63, 3.8) is 0 Å². The van der Waals surface area contributed by atoms with Gasteiger partial charge in [0.1, 0.15) is 5.76 Å². The zero-order chi connectivity index (χ0) is 22.3. The number of carbonyl (C=O) groups is 1. The molecule has 2 aromatic carbocycles. The second kappa shape index (κ2) is 10.1. The Balaban J connectivity index is 1.33. The van der Waals surface area contributed by atoms with E-state index in [9.17, 15) is 4.79 Å². The highest BCUT2D eigenvalue weighted by atomic mass is 16.5. The topological polar surface area (TPSA) is 70.2 Å². The van der Waals surface area contributed by atoms with Crippen LogP contribution in [0.5, 0.6) is 0 Å². The number of aromatic nitrogens is 3. The third-order valence-electron chi connectivity index (χ3n) is 5.56. The first-order valence-corrected chi connectivity index (χ1v) is 10.8. The summed E-state index contributed by atoms with van der Waals surface area (Å²) in [4.78, 5) is 16.9. The number of ether oxygens (including phenoxy) is 1. The molecule has 164 valence electrons. The molecule has 1 unspecified atom stereocenters. The SMILES string of the molecule is COC(=O)C(Cc1ccc(CCCc2nc(-c3ccccc3)oc2C)cc1)n1cccn1. The van der Waals surface area contributed by atoms with Gasteiger partial charge >= 0.3 is 5.97 Å². The summed E-state index contributed by atoms with van der Waals surface area (Å²) in [6, 6.07) is 19.7. The molecular formula is C26H27N3O3. The lowest BCUT2D eigenvalue weighted by Gasteiger charge is -2.15. The normalized spacial score (nSPS) is 11.9. The molecule has 0 aliphatic heterocycles. The molecule has 0 fully saturated rings. The summed E-state index contributed by atoms with van der Waals surface area (Å²) in [5, 5.41) is 4.20. The fourth-order valence-corrected chi connectivity index (χ4v) is 3.78. The van der Waals surface area contributed by atoms with Crippen LogP contribution in [0.15, 0.2) is 77.5 Å². The average molecular weight is 430 g/mol. The van der Waals surface area contributed by atoms with Crippen LogP contribution >= 0.6 is 0 Å². The van der Waals surface area contributed by atoms with Crippen molar-refractivity contribution in [1.29, 1.82) is 0 Å². The molecule has 6 heteroatoms. The van der Waals surface area contributed by atoms with E-state index in [2.05, 4.69) is 34.3 Å². The van der Waals surface area contributed by atoms with Crippen molar-refractivity contribution in [2.75, 3.05) is 7.11 Å². The predicted octanol–water partition coefficient (Wildman–Crippen LogP) is 4.98. The van der Waals surface area contributed by atoms with Crippen LogP contribution in [0.2, 0.25) is 0 Å². The lowest BCUT2D eigenvalue weighted by molar-refractivity contribution is -0.144. The number of carbonyl (C=O) groups excluding carboxylic acids is 1. The van der Waals surface area contributed by atoms with E-state index < -0.39 is 6.04 Å². The highest BCUT2D eigenvalue weighted by Gasteiger charge is 2.22. The number of esters is 1. The minimum atomic E-state index is -0.463. The Bertz CT molecular complexity index is 1130. The van der Waals surface area contributed by atoms with E-state index in [0.717, 1.165) is 41.8 Å². The monoisotopic (exact) mass is 429 g/mol. The van der Waals surface area contributed by atoms with E-state index in [0.29, 0.717) is 12.3 Å². The maximum absolute atomic E-state index is 12.2. The Morgan fingerprint density at radius 2 is 1.78 bits per heavy atom. The van der Waals surface area contributed by atoms with Gasteiger partial charge in [0.25, 0.3) is 0 Å². The number of hydrogen-bond acceptors (Lipinski definition) is 5. The van der Waals surface area contributed by atoms with Crippen LogP contribution in [-0.2, 0) is 28.8 Å². The highest BCUT2D eigenvalue weighted by Crippen LogP contribution is 2.23. The van der Waals surface area contributed by atoms with Gasteiger partial charge in [0.05, 0.1) is 12.8 Å². The maximum Gasteiger partial charge on any atom is 0.331 e. The van der Waals surface area contributed by atoms with Gasteiger partial charge in [0.2, 0.25) is 5.89 Å². The van der Waals surface area contributed by atoms with Gasteiger partial charge in [-0.3, -0.25) is 4.68 Å². The van der Waals surface area contributed by atoms with Crippen molar-refractivity contribution in [2.45, 2.75) is 38.6 Å². The van der Waals surface area contributed by atoms with Crippen LogP contribution < -0.4 is 0 Å². The molecular weight excluding hydrogens is 402 g/mol. The molecule has 0 amide bonds. The van der Waals surface area contributed by atoms with E-state index in [1.54, 1.807) is 23.1 Å². The molecule has 0 saturated carbocycles. The minimum absolute atomic E-state index is 0.296. The molecule has 0 bridgehead atoms.